The maximum atomic E-state index is 12.9. The number of hydrogen-bond donors (Lipinski definition) is 0. The number of hydrogen-bond acceptors (Lipinski definition) is 4. The number of nitrogens with zero attached hydrogens (tertiary/aromatic N) is 2. The van der Waals surface area contributed by atoms with E-state index in [1.165, 1.54) is 11.3 Å². The zero-order chi connectivity index (χ0) is 18.9. The molecular formula is C21H24N2O3S. The van der Waals surface area contributed by atoms with Crippen molar-refractivity contribution >= 4 is 28.8 Å². The predicted molar refractivity (Wildman–Crippen MR) is 106 cm³/mol. The molecule has 0 radical (unpaired) electrons. The molecule has 2 saturated heterocycles. The highest BCUT2D eigenvalue weighted by molar-refractivity contribution is 7.12. The molecule has 3 heterocycles. The number of benzene rings is 1. The van der Waals surface area contributed by atoms with Crippen molar-refractivity contribution in [3.63, 3.8) is 0 Å². The van der Waals surface area contributed by atoms with Gasteiger partial charge in [0.15, 0.2) is 0 Å². The van der Waals surface area contributed by atoms with Gasteiger partial charge in [0.1, 0.15) is 6.61 Å². The molecule has 1 spiro atoms. The molecule has 0 saturated carbocycles. The molecule has 2 amide bonds. The number of aryl methyl sites for hydroxylation is 1. The van der Waals surface area contributed by atoms with E-state index < -0.39 is 0 Å². The van der Waals surface area contributed by atoms with E-state index in [0.717, 1.165) is 41.9 Å². The summed E-state index contributed by atoms with van der Waals surface area (Å²) in [6.07, 6.45) is 2.49. The number of ether oxygens (including phenoxy) is 1. The van der Waals surface area contributed by atoms with Crippen LogP contribution in [0.4, 0.5) is 5.69 Å². The van der Waals surface area contributed by atoms with Crippen molar-refractivity contribution in [2.75, 3.05) is 31.1 Å². The SMILES string of the molecule is Cc1ccsc1C(=O)N1CCCC2(CC1)CN(c1ccccc1)C(=O)CO2. The Kier molecular flexibility index (Phi) is 5.02. The highest BCUT2D eigenvalue weighted by atomic mass is 32.1. The van der Waals surface area contributed by atoms with Gasteiger partial charge in [-0.05, 0) is 55.3 Å². The number of thiophene rings is 1. The Morgan fingerprint density at radius 1 is 1.15 bits per heavy atom. The number of carbonyl (C=O) groups is 2. The smallest absolute Gasteiger partial charge is 0.264 e. The maximum absolute atomic E-state index is 12.9. The minimum atomic E-state index is -0.372. The summed E-state index contributed by atoms with van der Waals surface area (Å²) >= 11 is 1.51. The number of amides is 2. The summed E-state index contributed by atoms with van der Waals surface area (Å²) in [7, 11) is 0. The van der Waals surface area contributed by atoms with Gasteiger partial charge in [0, 0.05) is 18.8 Å². The van der Waals surface area contributed by atoms with Crippen LogP contribution in [0.15, 0.2) is 41.8 Å². The first-order chi connectivity index (χ1) is 13.1. The standard InChI is InChI=1S/C21H24N2O3S/c1-16-8-13-27-19(16)20(25)22-11-5-9-21(10-12-22)15-23(18(24)14-26-21)17-6-3-2-4-7-17/h2-4,6-8,13H,5,9-12,14-15H2,1H3. The van der Waals surface area contributed by atoms with Crippen molar-refractivity contribution in [2.24, 2.45) is 0 Å². The van der Waals surface area contributed by atoms with Crippen LogP contribution in [0.3, 0.4) is 0 Å². The lowest BCUT2D eigenvalue weighted by Crippen LogP contribution is -2.55. The summed E-state index contributed by atoms with van der Waals surface area (Å²) in [6, 6.07) is 11.8. The van der Waals surface area contributed by atoms with E-state index >= 15 is 0 Å². The van der Waals surface area contributed by atoms with Crippen molar-refractivity contribution in [3.05, 3.63) is 52.2 Å². The third kappa shape index (κ3) is 3.64. The topological polar surface area (TPSA) is 49.9 Å². The lowest BCUT2D eigenvalue weighted by atomic mass is 9.92. The van der Waals surface area contributed by atoms with E-state index in [2.05, 4.69) is 0 Å². The molecule has 1 atom stereocenters. The predicted octanol–water partition coefficient (Wildman–Crippen LogP) is 3.48. The normalized spacial score (nSPS) is 23.5. The number of rotatable bonds is 2. The Hall–Kier alpha value is -2.18. The number of likely N-dealkylation sites (tertiary alicyclic amines) is 1. The summed E-state index contributed by atoms with van der Waals surface area (Å²) < 4.78 is 6.07. The Bertz CT molecular complexity index is 835. The zero-order valence-corrected chi connectivity index (χ0v) is 16.3. The quantitative estimate of drug-likeness (QED) is 0.796. The highest BCUT2D eigenvalue weighted by Crippen LogP contribution is 2.33. The Balaban J connectivity index is 1.49. The first kappa shape index (κ1) is 18.2. The molecule has 2 aromatic rings. The summed E-state index contributed by atoms with van der Waals surface area (Å²) in [5, 5.41) is 1.97. The van der Waals surface area contributed by atoms with Crippen LogP contribution in [0, 0.1) is 6.92 Å². The minimum absolute atomic E-state index is 0.00165. The molecule has 2 fully saturated rings. The van der Waals surface area contributed by atoms with Gasteiger partial charge < -0.3 is 14.5 Å². The summed E-state index contributed by atoms with van der Waals surface area (Å²) in [5.74, 6) is 0.115. The molecule has 0 N–H and O–H groups in total. The number of anilines is 1. The molecule has 0 aliphatic carbocycles. The zero-order valence-electron chi connectivity index (χ0n) is 15.5. The molecule has 1 aromatic carbocycles. The van der Waals surface area contributed by atoms with E-state index in [9.17, 15) is 9.59 Å². The second kappa shape index (κ2) is 7.44. The van der Waals surface area contributed by atoms with Gasteiger partial charge in [0.05, 0.1) is 17.0 Å². The van der Waals surface area contributed by atoms with Gasteiger partial charge in [-0.2, -0.15) is 0 Å². The van der Waals surface area contributed by atoms with Crippen LogP contribution in [-0.2, 0) is 9.53 Å². The third-order valence-corrected chi connectivity index (χ3v) is 6.56. The largest absolute Gasteiger partial charge is 0.363 e. The van der Waals surface area contributed by atoms with Crippen LogP contribution in [0.5, 0.6) is 0 Å². The highest BCUT2D eigenvalue weighted by Gasteiger charge is 2.42. The van der Waals surface area contributed by atoms with Crippen molar-refractivity contribution in [3.8, 4) is 0 Å². The first-order valence-electron chi connectivity index (χ1n) is 9.41. The van der Waals surface area contributed by atoms with Gasteiger partial charge in [-0.15, -0.1) is 11.3 Å². The van der Waals surface area contributed by atoms with E-state index in [4.69, 9.17) is 4.74 Å². The molecule has 1 aromatic heterocycles. The summed E-state index contributed by atoms with van der Waals surface area (Å²) in [5.41, 5.74) is 1.58. The van der Waals surface area contributed by atoms with Crippen molar-refractivity contribution in [1.82, 2.24) is 4.90 Å². The van der Waals surface area contributed by atoms with Crippen LogP contribution in [0.25, 0.3) is 0 Å². The van der Waals surface area contributed by atoms with Crippen molar-refractivity contribution in [1.29, 1.82) is 0 Å². The average molecular weight is 385 g/mol. The van der Waals surface area contributed by atoms with E-state index in [1.54, 1.807) is 0 Å². The maximum Gasteiger partial charge on any atom is 0.264 e. The van der Waals surface area contributed by atoms with Gasteiger partial charge >= 0.3 is 0 Å². The fraction of sp³-hybridized carbons (Fsp3) is 0.429. The molecule has 2 aliphatic rings. The number of carbonyl (C=O) groups excluding carboxylic acids is 2. The van der Waals surface area contributed by atoms with Gasteiger partial charge in [-0.1, -0.05) is 18.2 Å². The molecule has 4 rings (SSSR count). The van der Waals surface area contributed by atoms with Crippen molar-refractivity contribution < 1.29 is 14.3 Å². The van der Waals surface area contributed by atoms with E-state index in [1.807, 2.05) is 58.5 Å². The van der Waals surface area contributed by atoms with Gasteiger partial charge in [0.2, 0.25) is 0 Å². The molecular weight excluding hydrogens is 360 g/mol. The monoisotopic (exact) mass is 384 g/mol. The van der Waals surface area contributed by atoms with Crippen molar-refractivity contribution in [2.45, 2.75) is 31.8 Å². The molecule has 27 heavy (non-hydrogen) atoms. The molecule has 5 nitrogen and oxygen atoms in total. The van der Waals surface area contributed by atoms with E-state index in [-0.39, 0.29) is 24.0 Å². The van der Waals surface area contributed by atoms with E-state index in [0.29, 0.717) is 13.1 Å². The van der Waals surface area contributed by atoms with Crippen LogP contribution < -0.4 is 4.90 Å². The van der Waals surface area contributed by atoms with Gasteiger partial charge in [-0.25, -0.2) is 0 Å². The fourth-order valence-corrected chi connectivity index (χ4v) is 4.86. The minimum Gasteiger partial charge on any atom is -0.363 e. The summed E-state index contributed by atoms with van der Waals surface area (Å²) in [6.45, 7) is 4.03. The molecule has 142 valence electrons. The Morgan fingerprint density at radius 3 is 2.70 bits per heavy atom. The molecule has 2 aliphatic heterocycles. The Morgan fingerprint density at radius 2 is 1.96 bits per heavy atom. The fourth-order valence-electron chi connectivity index (χ4n) is 3.97. The Labute approximate surface area is 163 Å². The average Bonchev–Trinajstić information content (AvgIpc) is 3.01. The molecule has 0 bridgehead atoms. The lowest BCUT2D eigenvalue weighted by molar-refractivity contribution is -0.140. The van der Waals surface area contributed by atoms with Crippen LogP contribution in [-0.4, -0.2) is 48.6 Å². The first-order valence-corrected chi connectivity index (χ1v) is 10.3. The number of para-hydroxylation sites is 1. The van der Waals surface area contributed by atoms with Crippen LogP contribution in [0.1, 0.15) is 34.5 Å². The van der Waals surface area contributed by atoms with Gasteiger partial charge in [-0.3, -0.25) is 9.59 Å². The lowest BCUT2D eigenvalue weighted by Gasteiger charge is -2.42. The van der Waals surface area contributed by atoms with Crippen LogP contribution >= 0.6 is 11.3 Å². The summed E-state index contributed by atoms with van der Waals surface area (Å²) in [4.78, 5) is 29.9. The molecule has 1 unspecified atom stereocenters. The second-order valence-corrected chi connectivity index (χ2v) is 8.28. The number of morpholine rings is 1. The molecule has 6 heteroatoms. The second-order valence-electron chi connectivity index (χ2n) is 7.37. The van der Waals surface area contributed by atoms with Crippen LogP contribution in [0.2, 0.25) is 0 Å². The van der Waals surface area contributed by atoms with Gasteiger partial charge in [0.25, 0.3) is 11.8 Å². The third-order valence-electron chi connectivity index (χ3n) is 5.56.